The van der Waals surface area contributed by atoms with Crippen molar-refractivity contribution in [3.05, 3.63) is 28.3 Å². The van der Waals surface area contributed by atoms with Crippen molar-refractivity contribution in [2.75, 3.05) is 5.73 Å². The second-order valence-electron chi connectivity index (χ2n) is 3.18. The molecule has 0 aliphatic heterocycles. The lowest BCUT2D eigenvalue weighted by atomic mass is 10.1. The monoisotopic (exact) mass is 280 g/mol. The second-order valence-corrected chi connectivity index (χ2v) is 5.66. The first-order valence-corrected chi connectivity index (χ1v) is 6.48. The molecule has 1 rings (SSSR count). The summed E-state index contributed by atoms with van der Waals surface area (Å²) in [6.07, 6.45) is 0. The van der Waals surface area contributed by atoms with E-state index in [2.05, 4.69) is 0 Å². The van der Waals surface area contributed by atoms with Gasteiger partial charge < -0.3 is 5.73 Å². The molecule has 0 saturated carbocycles. The predicted molar refractivity (Wildman–Crippen MR) is 66.5 cm³/mol. The summed E-state index contributed by atoms with van der Waals surface area (Å²) in [6.45, 7) is 1.70. The summed E-state index contributed by atoms with van der Waals surface area (Å²) >= 11 is 11.2. The molecular weight excluding hydrogens is 271 g/mol. The first-order chi connectivity index (χ1) is 7.23. The van der Waals surface area contributed by atoms with Gasteiger partial charge in [0.2, 0.25) is 10.0 Å². The van der Waals surface area contributed by atoms with Gasteiger partial charge in [-0.05, 0) is 30.2 Å². The van der Waals surface area contributed by atoms with Crippen LogP contribution in [0.2, 0.25) is 0 Å². The number of hydrogen-bond acceptors (Lipinski definition) is 3. The summed E-state index contributed by atoms with van der Waals surface area (Å²) in [5.74, 6) is 0. The average molecular weight is 281 g/mol. The van der Waals surface area contributed by atoms with Crippen LogP contribution >= 0.6 is 23.2 Å². The van der Waals surface area contributed by atoms with Crippen LogP contribution in [0.15, 0.2) is 27.6 Å². The van der Waals surface area contributed by atoms with E-state index < -0.39 is 10.0 Å². The molecule has 0 amide bonds. The fraction of sp³-hybridized carbons (Fsp3) is 0.111. The first kappa shape index (κ1) is 13.3. The van der Waals surface area contributed by atoms with E-state index in [0.717, 1.165) is 0 Å². The van der Waals surface area contributed by atoms with Gasteiger partial charge in [-0.3, -0.25) is 0 Å². The standard InChI is InChI=1S/C9H10Cl2N2O2S/c1-5(9(10)11)6-2-3-8(7(12)4-6)16(13,14)15/h2-4H,12H2,1H3,(H2,13,14,15). The Morgan fingerprint density at radius 2 is 1.88 bits per heavy atom. The molecule has 1 aromatic rings. The molecule has 0 aromatic heterocycles. The number of nitrogens with two attached hydrogens (primary N) is 2. The third-order valence-corrected chi connectivity index (χ3v) is 3.58. The molecule has 0 spiro atoms. The van der Waals surface area contributed by atoms with Crippen molar-refractivity contribution >= 4 is 44.5 Å². The van der Waals surface area contributed by atoms with Crippen LogP contribution in [0.1, 0.15) is 12.5 Å². The third kappa shape index (κ3) is 2.89. The summed E-state index contributed by atoms with van der Waals surface area (Å²) in [7, 11) is -3.80. The Morgan fingerprint density at radius 1 is 1.31 bits per heavy atom. The van der Waals surface area contributed by atoms with Crippen LogP contribution in [-0.2, 0) is 10.0 Å². The minimum Gasteiger partial charge on any atom is -0.398 e. The number of allylic oxidation sites excluding steroid dienone is 1. The van der Waals surface area contributed by atoms with Crippen LogP contribution in [0.25, 0.3) is 5.57 Å². The van der Waals surface area contributed by atoms with Crippen LogP contribution in [0.4, 0.5) is 5.69 Å². The van der Waals surface area contributed by atoms with Gasteiger partial charge >= 0.3 is 0 Å². The summed E-state index contributed by atoms with van der Waals surface area (Å²) in [6, 6.07) is 4.32. The fourth-order valence-corrected chi connectivity index (χ4v) is 2.01. The predicted octanol–water partition coefficient (Wildman–Crippen LogP) is 2.08. The second kappa shape index (κ2) is 4.63. The minimum atomic E-state index is -3.80. The number of rotatable bonds is 2. The highest BCUT2D eigenvalue weighted by molar-refractivity contribution is 7.89. The Bertz CT molecular complexity index is 549. The van der Waals surface area contributed by atoms with Gasteiger partial charge in [0, 0.05) is 0 Å². The van der Waals surface area contributed by atoms with Crippen molar-refractivity contribution in [2.45, 2.75) is 11.8 Å². The van der Waals surface area contributed by atoms with Crippen molar-refractivity contribution in [3.63, 3.8) is 0 Å². The van der Waals surface area contributed by atoms with Crippen LogP contribution in [0, 0.1) is 0 Å². The quantitative estimate of drug-likeness (QED) is 0.814. The molecule has 0 fully saturated rings. The minimum absolute atomic E-state index is 0.0638. The Hall–Kier alpha value is -0.750. The van der Waals surface area contributed by atoms with Crippen LogP contribution < -0.4 is 10.9 Å². The maximum absolute atomic E-state index is 11.1. The summed E-state index contributed by atoms with van der Waals surface area (Å²) in [5.41, 5.74) is 6.89. The van der Waals surface area contributed by atoms with Crippen molar-refractivity contribution in [2.24, 2.45) is 5.14 Å². The maximum atomic E-state index is 11.1. The number of primary sulfonamides is 1. The zero-order valence-electron chi connectivity index (χ0n) is 8.37. The van der Waals surface area contributed by atoms with E-state index in [1.54, 1.807) is 6.92 Å². The van der Waals surface area contributed by atoms with E-state index in [4.69, 9.17) is 34.1 Å². The van der Waals surface area contributed by atoms with E-state index in [-0.39, 0.29) is 15.1 Å². The van der Waals surface area contributed by atoms with E-state index in [9.17, 15) is 8.42 Å². The fourth-order valence-electron chi connectivity index (χ4n) is 1.15. The number of nitrogen functional groups attached to an aromatic ring is 1. The smallest absolute Gasteiger partial charge is 0.240 e. The summed E-state index contributed by atoms with van der Waals surface area (Å²) in [4.78, 5) is -0.116. The molecular formula is C9H10Cl2N2O2S. The van der Waals surface area contributed by atoms with Gasteiger partial charge in [0.25, 0.3) is 0 Å². The topological polar surface area (TPSA) is 86.2 Å². The Labute approximate surface area is 104 Å². The van der Waals surface area contributed by atoms with Gasteiger partial charge in [0.15, 0.2) is 0 Å². The lowest BCUT2D eigenvalue weighted by Gasteiger charge is -2.07. The SMILES string of the molecule is CC(=C(Cl)Cl)c1ccc(S(N)(=O)=O)c(N)c1. The van der Waals surface area contributed by atoms with E-state index >= 15 is 0 Å². The van der Waals surface area contributed by atoms with Gasteiger partial charge in [-0.1, -0.05) is 29.3 Å². The number of hydrogen-bond donors (Lipinski definition) is 2. The highest BCUT2D eigenvalue weighted by atomic mass is 35.5. The molecule has 4 N–H and O–H groups in total. The van der Waals surface area contributed by atoms with Crippen LogP contribution in [0.5, 0.6) is 0 Å². The molecule has 7 heteroatoms. The Kier molecular flexibility index (Phi) is 3.85. The molecule has 16 heavy (non-hydrogen) atoms. The maximum Gasteiger partial charge on any atom is 0.240 e. The molecule has 0 aliphatic rings. The molecule has 0 saturated heterocycles. The van der Waals surface area contributed by atoms with Crippen molar-refractivity contribution in [3.8, 4) is 0 Å². The molecule has 0 unspecified atom stereocenters. The first-order valence-electron chi connectivity index (χ1n) is 4.18. The van der Waals surface area contributed by atoms with Gasteiger partial charge in [-0.2, -0.15) is 0 Å². The molecule has 0 radical (unpaired) electrons. The average Bonchev–Trinajstić information content (AvgIpc) is 2.14. The largest absolute Gasteiger partial charge is 0.398 e. The third-order valence-electron chi connectivity index (χ3n) is 2.03. The lowest BCUT2D eigenvalue weighted by molar-refractivity contribution is 0.598. The Balaban J connectivity index is 3.36. The normalized spacial score (nSPS) is 11.2. The highest BCUT2D eigenvalue weighted by Gasteiger charge is 2.13. The molecule has 4 nitrogen and oxygen atoms in total. The van der Waals surface area contributed by atoms with Crippen molar-refractivity contribution < 1.29 is 8.42 Å². The molecule has 88 valence electrons. The highest BCUT2D eigenvalue weighted by Crippen LogP contribution is 2.27. The van der Waals surface area contributed by atoms with Crippen molar-refractivity contribution in [1.82, 2.24) is 0 Å². The van der Waals surface area contributed by atoms with Gasteiger partial charge in [0.05, 0.1) is 5.69 Å². The Morgan fingerprint density at radius 3 is 2.25 bits per heavy atom. The summed E-state index contributed by atoms with van der Waals surface area (Å²) in [5, 5.41) is 4.97. The molecule has 0 heterocycles. The van der Waals surface area contributed by atoms with Gasteiger partial charge in [-0.15, -0.1) is 0 Å². The number of halogens is 2. The van der Waals surface area contributed by atoms with Crippen LogP contribution in [0.3, 0.4) is 0 Å². The van der Waals surface area contributed by atoms with E-state index in [0.29, 0.717) is 11.1 Å². The van der Waals surface area contributed by atoms with Gasteiger partial charge in [0.1, 0.15) is 9.39 Å². The lowest BCUT2D eigenvalue weighted by Crippen LogP contribution is -2.14. The number of benzene rings is 1. The van der Waals surface area contributed by atoms with Gasteiger partial charge in [-0.25, -0.2) is 13.6 Å². The molecule has 0 atom stereocenters. The van der Waals surface area contributed by atoms with Crippen molar-refractivity contribution in [1.29, 1.82) is 0 Å². The molecule has 0 aliphatic carbocycles. The zero-order valence-corrected chi connectivity index (χ0v) is 10.7. The van der Waals surface area contributed by atoms with E-state index in [1.165, 1.54) is 18.2 Å². The number of anilines is 1. The van der Waals surface area contributed by atoms with E-state index in [1.807, 2.05) is 0 Å². The zero-order chi connectivity index (χ0) is 12.5. The summed E-state index contributed by atoms with van der Waals surface area (Å²) < 4.78 is 22.3. The van der Waals surface area contributed by atoms with Crippen LogP contribution in [-0.4, -0.2) is 8.42 Å². The number of sulfonamides is 1. The molecule has 1 aromatic carbocycles. The molecule has 0 bridgehead atoms.